The number of carbonyl (C=O) groups is 1. The highest BCUT2D eigenvalue weighted by atomic mass is 16.5. The van der Waals surface area contributed by atoms with Crippen LogP contribution in [-0.2, 0) is 16.1 Å². The number of benzene rings is 1. The lowest BCUT2D eigenvalue weighted by Crippen LogP contribution is -2.49. The summed E-state index contributed by atoms with van der Waals surface area (Å²) in [7, 11) is 4.00. The maximum absolute atomic E-state index is 11.3. The molecule has 6 nitrogen and oxygen atoms in total. The fourth-order valence-corrected chi connectivity index (χ4v) is 2.39. The summed E-state index contributed by atoms with van der Waals surface area (Å²) >= 11 is 0. The standard InChI is InChI=1S/C16H24N2O4/c1-17(2)7-10-22-15-6-4-3-5-13(15)11-18-8-9-21-12-14(18)16(19)20/h3-6,14H,7-12H2,1-2H3,(H,19,20)/t14-/m1/s1. The third-order valence-electron chi connectivity index (χ3n) is 3.67. The molecular formula is C16H24N2O4. The fourth-order valence-electron chi connectivity index (χ4n) is 2.39. The Morgan fingerprint density at radius 2 is 2.23 bits per heavy atom. The molecule has 1 aliphatic heterocycles. The third kappa shape index (κ3) is 4.69. The number of rotatable bonds is 7. The molecule has 0 aliphatic carbocycles. The first-order valence-electron chi connectivity index (χ1n) is 7.48. The Hall–Kier alpha value is -1.63. The summed E-state index contributed by atoms with van der Waals surface area (Å²) in [6.07, 6.45) is 0. The van der Waals surface area contributed by atoms with Gasteiger partial charge in [-0.1, -0.05) is 18.2 Å². The average molecular weight is 308 g/mol. The van der Waals surface area contributed by atoms with Crippen molar-refractivity contribution >= 4 is 5.97 Å². The second kappa shape index (κ2) is 8.12. The van der Waals surface area contributed by atoms with Crippen molar-refractivity contribution in [1.29, 1.82) is 0 Å². The molecule has 1 aliphatic rings. The van der Waals surface area contributed by atoms with Crippen molar-refractivity contribution in [2.75, 3.05) is 47.0 Å². The molecule has 0 amide bonds. The topological polar surface area (TPSA) is 62.2 Å². The van der Waals surface area contributed by atoms with E-state index in [1.165, 1.54) is 0 Å². The predicted molar refractivity (Wildman–Crippen MR) is 83.1 cm³/mol. The number of carboxylic acid groups (broad SMARTS) is 1. The van der Waals surface area contributed by atoms with E-state index >= 15 is 0 Å². The van der Waals surface area contributed by atoms with E-state index in [9.17, 15) is 9.90 Å². The summed E-state index contributed by atoms with van der Waals surface area (Å²) in [6.45, 7) is 3.41. The summed E-state index contributed by atoms with van der Waals surface area (Å²) in [6, 6.07) is 7.21. The molecule has 1 heterocycles. The highest BCUT2D eigenvalue weighted by Gasteiger charge is 2.29. The monoisotopic (exact) mass is 308 g/mol. The van der Waals surface area contributed by atoms with E-state index in [1.54, 1.807) is 0 Å². The van der Waals surface area contributed by atoms with Gasteiger partial charge in [-0.15, -0.1) is 0 Å². The van der Waals surface area contributed by atoms with Crippen LogP contribution in [0.1, 0.15) is 5.56 Å². The lowest BCUT2D eigenvalue weighted by Gasteiger charge is -2.33. The van der Waals surface area contributed by atoms with Gasteiger partial charge in [-0.3, -0.25) is 9.69 Å². The number of ether oxygens (including phenoxy) is 2. The van der Waals surface area contributed by atoms with Crippen LogP contribution in [0.3, 0.4) is 0 Å². The zero-order valence-corrected chi connectivity index (χ0v) is 13.2. The minimum atomic E-state index is -0.842. The molecule has 0 bridgehead atoms. The molecule has 1 aromatic rings. The Labute approximate surface area is 131 Å². The van der Waals surface area contributed by atoms with Gasteiger partial charge in [0.05, 0.1) is 13.2 Å². The van der Waals surface area contributed by atoms with Crippen molar-refractivity contribution in [3.63, 3.8) is 0 Å². The average Bonchev–Trinajstić information content (AvgIpc) is 2.49. The highest BCUT2D eigenvalue weighted by Crippen LogP contribution is 2.22. The molecule has 0 spiro atoms. The molecule has 0 saturated carbocycles. The zero-order chi connectivity index (χ0) is 15.9. The SMILES string of the molecule is CN(C)CCOc1ccccc1CN1CCOC[C@@H]1C(=O)O. The van der Waals surface area contributed by atoms with Crippen LogP contribution in [-0.4, -0.2) is 73.9 Å². The smallest absolute Gasteiger partial charge is 0.323 e. The van der Waals surface area contributed by atoms with Gasteiger partial charge in [0.1, 0.15) is 18.4 Å². The van der Waals surface area contributed by atoms with Crippen LogP contribution in [0.25, 0.3) is 0 Å². The molecule has 0 aromatic heterocycles. The maximum Gasteiger partial charge on any atom is 0.323 e. The minimum absolute atomic E-state index is 0.235. The van der Waals surface area contributed by atoms with E-state index in [0.717, 1.165) is 17.9 Å². The van der Waals surface area contributed by atoms with E-state index < -0.39 is 12.0 Å². The molecule has 0 radical (unpaired) electrons. The highest BCUT2D eigenvalue weighted by molar-refractivity contribution is 5.73. The van der Waals surface area contributed by atoms with E-state index in [2.05, 4.69) is 4.90 Å². The molecule has 1 N–H and O–H groups in total. The summed E-state index contributed by atoms with van der Waals surface area (Å²) in [5, 5.41) is 9.30. The number of carboxylic acids is 1. The van der Waals surface area contributed by atoms with Crippen molar-refractivity contribution in [2.45, 2.75) is 12.6 Å². The Balaban J connectivity index is 2.03. The minimum Gasteiger partial charge on any atom is -0.492 e. The quantitative estimate of drug-likeness (QED) is 0.808. The van der Waals surface area contributed by atoms with E-state index in [0.29, 0.717) is 26.3 Å². The number of hydrogen-bond donors (Lipinski definition) is 1. The number of hydrogen-bond acceptors (Lipinski definition) is 5. The van der Waals surface area contributed by atoms with E-state index in [1.807, 2.05) is 43.3 Å². The molecule has 22 heavy (non-hydrogen) atoms. The lowest BCUT2D eigenvalue weighted by atomic mass is 10.1. The van der Waals surface area contributed by atoms with Crippen molar-refractivity contribution in [2.24, 2.45) is 0 Å². The summed E-state index contributed by atoms with van der Waals surface area (Å²) in [5.41, 5.74) is 1.01. The van der Waals surface area contributed by atoms with Crippen LogP contribution in [0.15, 0.2) is 24.3 Å². The Morgan fingerprint density at radius 3 is 2.95 bits per heavy atom. The van der Waals surface area contributed by atoms with Gasteiger partial charge in [-0.25, -0.2) is 0 Å². The van der Waals surface area contributed by atoms with Crippen LogP contribution in [0.5, 0.6) is 5.75 Å². The molecule has 0 unspecified atom stereocenters. The number of morpholine rings is 1. The Bertz CT molecular complexity index is 493. The first-order chi connectivity index (χ1) is 10.6. The fraction of sp³-hybridized carbons (Fsp3) is 0.562. The predicted octanol–water partition coefficient (Wildman–Crippen LogP) is 0.912. The van der Waals surface area contributed by atoms with Crippen LogP contribution in [0, 0.1) is 0 Å². The van der Waals surface area contributed by atoms with Crippen LogP contribution >= 0.6 is 0 Å². The lowest BCUT2D eigenvalue weighted by molar-refractivity contribution is -0.150. The molecule has 1 fully saturated rings. The van der Waals surface area contributed by atoms with E-state index in [-0.39, 0.29) is 6.61 Å². The molecule has 122 valence electrons. The number of para-hydroxylation sites is 1. The number of aliphatic carboxylic acids is 1. The van der Waals surface area contributed by atoms with Gasteiger partial charge in [-0.05, 0) is 20.2 Å². The first kappa shape index (κ1) is 16.7. The molecule has 6 heteroatoms. The molecule has 2 rings (SSSR count). The molecule has 1 atom stereocenters. The van der Waals surface area contributed by atoms with Crippen molar-refractivity contribution in [1.82, 2.24) is 9.80 Å². The Morgan fingerprint density at radius 1 is 1.45 bits per heavy atom. The molecule has 1 saturated heterocycles. The van der Waals surface area contributed by atoms with Gasteiger partial charge in [0, 0.05) is 25.2 Å². The molecular weight excluding hydrogens is 284 g/mol. The van der Waals surface area contributed by atoms with Crippen molar-refractivity contribution in [3.8, 4) is 5.75 Å². The van der Waals surface area contributed by atoms with Gasteiger partial charge in [-0.2, -0.15) is 0 Å². The van der Waals surface area contributed by atoms with Crippen LogP contribution in [0.2, 0.25) is 0 Å². The normalized spacial score (nSPS) is 19.3. The van der Waals surface area contributed by atoms with Gasteiger partial charge in [0.15, 0.2) is 0 Å². The number of nitrogens with zero attached hydrogens (tertiary/aromatic N) is 2. The van der Waals surface area contributed by atoms with Crippen LogP contribution < -0.4 is 4.74 Å². The van der Waals surface area contributed by atoms with Crippen molar-refractivity contribution < 1.29 is 19.4 Å². The van der Waals surface area contributed by atoms with Gasteiger partial charge < -0.3 is 19.5 Å². The zero-order valence-electron chi connectivity index (χ0n) is 13.2. The van der Waals surface area contributed by atoms with Gasteiger partial charge in [0.25, 0.3) is 0 Å². The first-order valence-corrected chi connectivity index (χ1v) is 7.48. The van der Waals surface area contributed by atoms with Gasteiger partial charge >= 0.3 is 5.97 Å². The third-order valence-corrected chi connectivity index (χ3v) is 3.67. The Kier molecular flexibility index (Phi) is 6.18. The largest absolute Gasteiger partial charge is 0.492 e. The number of likely N-dealkylation sites (N-methyl/N-ethyl adjacent to an activating group) is 1. The second-order valence-electron chi connectivity index (χ2n) is 5.66. The summed E-state index contributed by atoms with van der Waals surface area (Å²) < 4.78 is 11.1. The molecule has 1 aromatic carbocycles. The maximum atomic E-state index is 11.3. The van der Waals surface area contributed by atoms with E-state index in [4.69, 9.17) is 9.47 Å². The summed E-state index contributed by atoms with van der Waals surface area (Å²) in [4.78, 5) is 15.3. The van der Waals surface area contributed by atoms with Crippen molar-refractivity contribution in [3.05, 3.63) is 29.8 Å². The second-order valence-corrected chi connectivity index (χ2v) is 5.66. The van der Waals surface area contributed by atoms with Crippen LogP contribution in [0.4, 0.5) is 0 Å². The van der Waals surface area contributed by atoms with Gasteiger partial charge in [0.2, 0.25) is 0 Å². The summed E-state index contributed by atoms with van der Waals surface area (Å²) in [5.74, 6) is -0.0225.